The lowest BCUT2D eigenvalue weighted by atomic mass is 10.1. The minimum absolute atomic E-state index is 0.0916. The number of imide groups is 1. The molecule has 3 aromatic rings. The Morgan fingerprint density at radius 2 is 1.79 bits per heavy atom. The normalized spacial score (nSPS) is 14.9. The van der Waals surface area contributed by atoms with Crippen LogP contribution in [0.2, 0.25) is 10.0 Å². The maximum atomic E-state index is 14.2. The lowest BCUT2D eigenvalue weighted by Gasteiger charge is -2.14. The van der Waals surface area contributed by atoms with E-state index in [0.29, 0.717) is 16.3 Å². The largest absolute Gasteiger partial charge is 0.488 e. The summed E-state index contributed by atoms with van der Waals surface area (Å²) in [5.74, 6) is -0.587. The minimum atomic E-state index is -0.576. The molecule has 0 spiro atoms. The molecule has 9 heteroatoms. The lowest BCUT2D eigenvalue weighted by molar-refractivity contribution is -0.123. The summed E-state index contributed by atoms with van der Waals surface area (Å²) in [6.45, 7) is -0.0166. The molecule has 1 aliphatic rings. The fourth-order valence-electron chi connectivity index (χ4n) is 3.15. The third kappa shape index (κ3) is 5.44. The number of hydrogen-bond donors (Lipinski definition) is 0. The molecule has 0 unspecified atom stereocenters. The van der Waals surface area contributed by atoms with Gasteiger partial charge in [0.25, 0.3) is 11.1 Å². The first-order chi connectivity index (χ1) is 15.8. The van der Waals surface area contributed by atoms with Gasteiger partial charge in [0.05, 0.1) is 11.4 Å². The van der Waals surface area contributed by atoms with Gasteiger partial charge in [-0.2, -0.15) is 0 Å². The van der Waals surface area contributed by atoms with E-state index in [4.69, 9.17) is 27.9 Å². The highest BCUT2D eigenvalue weighted by atomic mass is 79.9. The summed E-state index contributed by atoms with van der Waals surface area (Å²) in [6.07, 6.45) is 1.58. The maximum Gasteiger partial charge on any atom is 0.293 e. The summed E-state index contributed by atoms with van der Waals surface area (Å²) < 4.78 is 20.9. The highest BCUT2D eigenvalue weighted by Gasteiger charge is 2.36. The molecule has 168 valence electrons. The highest BCUT2D eigenvalue weighted by molar-refractivity contribution is 9.10. The maximum absolute atomic E-state index is 14.2. The number of carbonyl (C=O) groups is 2. The van der Waals surface area contributed by atoms with Crippen molar-refractivity contribution in [3.05, 3.63) is 103 Å². The molecule has 1 aliphatic heterocycles. The number of rotatable bonds is 6. The van der Waals surface area contributed by atoms with Crippen LogP contribution >= 0.6 is 50.9 Å². The first-order valence-electron chi connectivity index (χ1n) is 9.67. The van der Waals surface area contributed by atoms with Gasteiger partial charge in [-0.05, 0) is 54.2 Å². The molecular formula is C24H15BrCl2FNO3S. The predicted octanol–water partition coefficient (Wildman–Crippen LogP) is 7.71. The fraction of sp³-hybridized carbons (Fsp3) is 0.0833. The van der Waals surface area contributed by atoms with E-state index in [-0.39, 0.29) is 28.6 Å². The van der Waals surface area contributed by atoms with E-state index < -0.39 is 17.0 Å². The summed E-state index contributed by atoms with van der Waals surface area (Å²) in [4.78, 5) is 26.6. The molecule has 1 fully saturated rings. The van der Waals surface area contributed by atoms with Crippen LogP contribution in [0.25, 0.3) is 6.08 Å². The number of halogens is 4. The van der Waals surface area contributed by atoms with E-state index in [1.165, 1.54) is 18.2 Å². The third-order valence-corrected chi connectivity index (χ3v) is 6.97. The molecule has 0 N–H and O–H groups in total. The summed E-state index contributed by atoms with van der Waals surface area (Å²) in [6, 6.07) is 16.9. The van der Waals surface area contributed by atoms with Crippen LogP contribution in [0.5, 0.6) is 5.75 Å². The summed E-state index contributed by atoms with van der Waals surface area (Å²) in [5.41, 5.74) is 1.51. The second kappa shape index (κ2) is 10.3. The monoisotopic (exact) mass is 565 g/mol. The van der Waals surface area contributed by atoms with Crippen LogP contribution in [0.4, 0.5) is 9.18 Å². The first-order valence-corrected chi connectivity index (χ1v) is 12.0. The van der Waals surface area contributed by atoms with Crippen LogP contribution in [0.15, 0.2) is 70.0 Å². The van der Waals surface area contributed by atoms with Gasteiger partial charge in [-0.3, -0.25) is 14.5 Å². The molecule has 1 saturated heterocycles. The van der Waals surface area contributed by atoms with Gasteiger partial charge in [0.2, 0.25) is 0 Å². The number of ether oxygens (including phenoxy) is 1. The van der Waals surface area contributed by atoms with Crippen molar-refractivity contribution >= 4 is 68.1 Å². The van der Waals surface area contributed by atoms with Crippen molar-refractivity contribution in [3.8, 4) is 5.75 Å². The quantitative estimate of drug-likeness (QED) is 0.287. The van der Waals surface area contributed by atoms with Crippen molar-refractivity contribution in [3.63, 3.8) is 0 Å². The van der Waals surface area contributed by atoms with Gasteiger partial charge in [0.1, 0.15) is 18.2 Å². The Balaban J connectivity index is 1.58. The fourth-order valence-corrected chi connectivity index (χ4v) is 4.77. The Kier molecular flexibility index (Phi) is 7.44. The average molecular weight is 567 g/mol. The molecule has 33 heavy (non-hydrogen) atoms. The standard InChI is InChI=1S/C24H15BrCl2FNO3S/c25-16-8-9-21(32-13-14-4-1-2-5-18(14)26)15(10-16)11-22-23(30)29(24(31)33-22)12-17-19(27)6-3-7-20(17)28/h1-11H,12-13H2/b22-11+. The van der Waals surface area contributed by atoms with Gasteiger partial charge in [-0.15, -0.1) is 0 Å². The molecule has 0 bridgehead atoms. The van der Waals surface area contributed by atoms with Gasteiger partial charge < -0.3 is 4.74 Å². The number of nitrogens with zero attached hydrogens (tertiary/aromatic N) is 1. The summed E-state index contributed by atoms with van der Waals surface area (Å²) in [5, 5.41) is 0.239. The summed E-state index contributed by atoms with van der Waals surface area (Å²) >= 11 is 16.5. The van der Waals surface area contributed by atoms with Crippen molar-refractivity contribution in [1.29, 1.82) is 0 Å². The zero-order chi connectivity index (χ0) is 23.5. The molecule has 4 rings (SSSR count). The van der Waals surface area contributed by atoms with Gasteiger partial charge in [0, 0.05) is 31.2 Å². The molecule has 0 aromatic heterocycles. The first kappa shape index (κ1) is 23.8. The van der Waals surface area contributed by atoms with E-state index in [1.54, 1.807) is 24.3 Å². The molecule has 0 atom stereocenters. The van der Waals surface area contributed by atoms with Crippen molar-refractivity contribution < 1.29 is 18.7 Å². The highest BCUT2D eigenvalue weighted by Crippen LogP contribution is 2.37. The molecule has 3 aromatic carbocycles. The Morgan fingerprint density at radius 1 is 1.03 bits per heavy atom. The van der Waals surface area contributed by atoms with Crippen LogP contribution in [-0.4, -0.2) is 16.0 Å². The molecular weight excluding hydrogens is 552 g/mol. The van der Waals surface area contributed by atoms with E-state index in [2.05, 4.69) is 15.9 Å². The minimum Gasteiger partial charge on any atom is -0.488 e. The van der Waals surface area contributed by atoms with Crippen LogP contribution in [0.3, 0.4) is 0 Å². The van der Waals surface area contributed by atoms with Gasteiger partial charge in [0.15, 0.2) is 0 Å². The Labute approximate surface area is 212 Å². The van der Waals surface area contributed by atoms with Crippen LogP contribution < -0.4 is 4.74 Å². The lowest BCUT2D eigenvalue weighted by Crippen LogP contribution is -2.28. The number of benzene rings is 3. The van der Waals surface area contributed by atoms with Gasteiger partial charge >= 0.3 is 0 Å². The van der Waals surface area contributed by atoms with Gasteiger partial charge in [-0.25, -0.2) is 4.39 Å². The van der Waals surface area contributed by atoms with E-state index in [9.17, 15) is 14.0 Å². The zero-order valence-corrected chi connectivity index (χ0v) is 20.8. The van der Waals surface area contributed by atoms with E-state index in [0.717, 1.165) is 26.7 Å². The van der Waals surface area contributed by atoms with E-state index >= 15 is 0 Å². The second-order valence-electron chi connectivity index (χ2n) is 7.03. The molecule has 2 amide bonds. The number of amides is 2. The van der Waals surface area contributed by atoms with Crippen molar-refractivity contribution in [1.82, 2.24) is 4.90 Å². The molecule has 0 radical (unpaired) electrons. The molecule has 0 saturated carbocycles. The number of carbonyl (C=O) groups excluding carboxylic acids is 2. The van der Waals surface area contributed by atoms with Crippen molar-refractivity contribution in [2.45, 2.75) is 13.2 Å². The van der Waals surface area contributed by atoms with Crippen molar-refractivity contribution in [2.24, 2.45) is 0 Å². The van der Waals surface area contributed by atoms with Crippen LogP contribution in [0, 0.1) is 5.82 Å². The van der Waals surface area contributed by atoms with Crippen LogP contribution in [-0.2, 0) is 17.9 Å². The second-order valence-corrected chi connectivity index (χ2v) is 9.75. The molecule has 1 heterocycles. The Hall–Kier alpha value is -2.32. The van der Waals surface area contributed by atoms with Crippen molar-refractivity contribution in [2.75, 3.05) is 0 Å². The SMILES string of the molecule is O=C1S/C(=C/c2cc(Br)ccc2OCc2ccccc2Cl)C(=O)N1Cc1c(F)cccc1Cl. The number of thioether (sulfide) groups is 1. The topological polar surface area (TPSA) is 46.6 Å². The Morgan fingerprint density at radius 3 is 2.55 bits per heavy atom. The van der Waals surface area contributed by atoms with Gasteiger partial charge in [-0.1, -0.05) is 63.4 Å². The summed E-state index contributed by atoms with van der Waals surface area (Å²) in [7, 11) is 0. The van der Waals surface area contributed by atoms with E-state index in [1.807, 2.05) is 24.3 Å². The third-order valence-electron chi connectivity index (χ3n) is 4.85. The predicted molar refractivity (Wildman–Crippen MR) is 133 cm³/mol. The zero-order valence-electron chi connectivity index (χ0n) is 16.9. The molecule has 0 aliphatic carbocycles. The average Bonchev–Trinajstić information content (AvgIpc) is 3.04. The van der Waals surface area contributed by atoms with Crippen LogP contribution in [0.1, 0.15) is 16.7 Å². The smallest absolute Gasteiger partial charge is 0.293 e. The number of hydrogen-bond acceptors (Lipinski definition) is 4. The molecule has 4 nitrogen and oxygen atoms in total. The Bertz CT molecular complexity index is 1260.